The van der Waals surface area contributed by atoms with E-state index in [0.29, 0.717) is 5.69 Å². The van der Waals surface area contributed by atoms with Gasteiger partial charge in [-0.25, -0.2) is 13.8 Å². The molecule has 1 aliphatic carbocycles. The van der Waals surface area contributed by atoms with Crippen LogP contribution in [0.15, 0.2) is 36.4 Å². The minimum absolute atomic E-state index is 0.179. The first-order valence-electron chi connectivity index (χ1n) is 9.96. The fraction of sp³-hybridized carbons (Fsp3) is 0.391. The Morgan fingerprint density at radius 2 is 1.79 bits per heavy atom. The average Bonchev–Trinajstić information content (AvgIpc) is 2.98. The van der Waals surface area contributed by atoms with Gasteiger partial charge < -0.3 is 9.88 Å². The van der Waals surface area contributed by atoms with Crippen LogP contribution in [-0.4, -0.2) is 21.4 Å². The van der Waals surface area contributed by atoms with Crippen molar-refractivity contribution >= 4 is 22.6 Å². The van der Waals surface area contributed by atoms with E-state index in [1.54, 1.807) is 0 Å². The van der Waals surface area contributed by atoms with Crippen LogP contribution in [0.2, 0.25) is 0 Å². The van der Waals surface area contributed by atoms with Crippen molar-refractivity contribution < 1.29 is 13.6 Å². The van der Waals surface area contributed by atoms with Crippen LogP contribution in [0.4, 0.5) is 14.5 Å². The number of nitrogens with zero attached hydrogens (tertiary/aromatic N) is 2. The van der Waals surface area contributed by atoms with Gasteiger partial charge in [0.1, 0.15) is 5.82 Å². The molecule has 1 aliphatic rings. The van der Waals surface area contributed by atoms with E-state index in [9.17, 15) is 13.6 Å². The molecule has 4 rings (SSSR count). The van der Waals surface area contributed by atoms with Crippen molar-refractivity contribution in [2.75, 3.05) is 5.32 Å². The second-order valence-corrected chi connectivity index (χ2v) is 8.14. The quantitative estimate of drug-likeness (QED) is 0.623. The van der Waals surface area contributed by atoms with E-state index >= 15 is 0 Å². The Balaban J connectivity index is 1.51. The van der Waals surface area contributed by atoms with E-state index in [0.717, 1.165) is 22.4 Å². The molecule has 0 unspecified atom stereocenters. The minimum atomic E-state index is -2.62. The van der Waals surface area contributed by atoms with Crippen molar-refractivity contribution in [3.05, 3.63) is 47.5 Å². The Labute approximate surface area is 168 Å². The first kappa shape index (κ1) is 19.6. The third kappa shape index (κ3) is 3.88. The summed E-state index contributed by atoms with van der Waals surface area (Å²) in [5.74, 6) is -2.29. The third-order valence-corrected chi connectivity index (χ3v) is 5.80. The standard InChI is InChI=1S/C23H25F2N3O/c1-14-12-15(2)20-19(13-14)27-21(28(20)3)16-4-6-18(7-5-16)26-22(29)17-8-10-23(24,25)11-9-17/h4-7,12-13,17H,8-11H2,1-3H3,(H,26,29). The number of alkyl halides is 2. The van der Waals surface area contributed by atoms with E-state index in [2.05, 4.69) is 35.9 Å². The number of rotatable bonds is 3. The van der Waals surface area contributed by atoms with Gasteiger partial charge in [0.05, 0.1) is 11.0 Å². The molecule has 0 atom stereocenters. The van der Waals surface area contributed by atoms with Crippen molar-refractivity contribution in [3.63, 3.8) is 0 Å². The number of nitrogens with one attached hydrogen (secondary N) is 1. The van der Waals surface area contributed by atoms with Crippen LogP contribution >= 0.6 is 0 Å². The van der Waals surface area contributed by atoms with Gasteiger partial charge in [-0.3, -0.25) is 4.79 Å². The van der Waals surface area contributed by atoms with Gasteiger partial charge in [0.15, 0.2) is 0 Å². The van der Waals surface area contributed by atoms with E-state index in [1.165, 1.54) is 11.1 Å². The van der Waals surface area contributed by atoms with Gasteiger partial charge in [0.25, 0.3) is 0 Å². The number of amides is 1. The lowest BCUT2D eigenvalue weighted by atomic mass is 9.86. The lowest BCUT2D eigenvalue weighted by Gasteiger charge is -2.27. The van der Waals surface area contributed by atoms with E-state index in [1.807, 2.05) is 31.3 Å². The molecule has 2 aromatic carbocycles. The first-order chi connectivity index (χ1) is 13.7. The molecule has 3 aromatic rings. The molecule has 0 saturated heterocycles. The molecule has 0 spiro atoms. The van der Waals surface area contributed by atoms with Crippen LogP contribution in [0.1, 0.15) is 36.8 Å². The smallest absolute Gasteiger partial charge is 0.248 e. The molecule has 1 saturated carbocycles. The van der Waals surface area contributed by atoms with Crippen molar-refractivity contribution in [2.45, 2.75) is 45.5 Å². The highest BCUT2D eigenvalue weighted by Gasteiger charge is 2.37. The number of hydrogen-bond donors (Lipinski definition) is 1. The zero-order valence-electron chi connectivity index (χ0n) is 16.9. The number of hydrogen-bond acceptors (Lipinski definition) is 2. The number of aromatic nitrogens is 2. The van der Waals surface area contributed by atoms with Gasteiger partial charge in [-0.15, -0.1) is 0 Å². The molecule has 29 heavy (non-hydrogen) atoms. The number of halogens is 2. The zero-order chi connectivity index (χ0) is 20.8. The zero-order valence-corrected chi connectivity index (χ0v) is 16.9. The van der Waals surface area contributed by atoms with Crippen molar-refractivity contribution in [1.29, 1.82) is 0 Å². The summed E-state index contributed by atoms with van der Waals surface area (Å²) < 4.78 is 28.7. The molecule has 1 N–H and O–H groups in total. The topological polar surface area (TPSA) is 46.9 Å². The Bertz CT molecular complexity index is 1060. The first-order valence-corrected chi connectivity index (χ1v) is 9.96. The molecular formula is C23H25F2N3O. The Hall–Kier alpha value is -2.76. The van der Waals surface area contributed by atoms with Crippen molar-refractivity contribution in [1.82, 2.24) is 9.55 Å². The second-order valence-electron chi connectivity index (χ2n) is 8.14. The average molecular weight is 397 g/mol. The Kier molecular flexibility index (Phi) is 4.89. The summed E-state index contributed by atoms with van der Waals surface area (Å²) in [5, 5.41) is 2.86. The number of aryl methyl sites for hydroxylation is 3. The lowest BCUT2D eigenvalue weighted by Crippen LogP contribution is -2.31. The van der Waals surface area contributed by atoms with Gasteiger partial charge in [0, 0.05) is 37.1 Å². The maximum absolute atomic E-state index is 13.3. The van der Waals surface area contributed by atoms with Crippen molar-refractivity contribution in [3.8, 4) is 11.4 Å². The minimum Gasteiger partial charge on any atom is -0.327 e. The molecule has 0 radical (unpaired) electrons. The number of benzene rings is 2. The molecule has 1 heterocycles. The summed E-state index contributed by atoms with van der Waals surface area (Å²) in [7, 11) is 2.00. The molecule has 0 bridgehead atoms. The molecule has 152 valence electrons. The van der Waals surface area contributed by atoms with Crippen LogP contribution in [0.3, 0.4) is 0 Å². The van der Waals surface area contributed by atoms with Gasteiger partial charge >= 0.3 is 0 Å². The summed E-state index contributed by atoms with van der Waals surface area (Å²) >= 11 is 0. The van der Waals surface area contributed by atoms with Gasteiger partial charge in [-0.05, 0) is 68.1 Å². The largest absolute Gasteiger partial charge is 0.327 e. The maximum atomic E-state index is 13.3. The van der Waals surface area contributed by atoms with E-state index < -0.39 is 5.92 Å². The number of imidazole rings is 1. The van der Waals surface area contributed by atoms with E-state index in [4.69, 9.17) is 4.98 Å². The lowest BCUT2D eigenvalue weighted by molar-refractivity contribution is -0.124. The number of anilines is 1. The maximum Gasteiger partial charge on any atom is 0.248 e. The van der Waals surface area contributed by atoms with Gasteiger partial charge in [0.2, 0.25) is 11.8 Å². The van der Waals surface area contributed by atoms with Crippen LogP contribution < -0.4 is 5.32 Å². The highest BCUT2D eigenvalue weighted by atomic mass is 19.3. The number of fused-ring (bicyclic) bond motifs is 1. The second kappa shape index (κ2) is 7.25. The van der Waals surface area contributed by atoms with Crippen LogP contribution in [0, 0.1) is 19.8 Å². The summed E-state index contributed by atoms with van der Waals surface area (Å²) in [6.07, 6.45) is 0.0381. The van der Waals surface area contributed by atoms with Crippen molar-refractivity contribution in [2.24, 2.45) is 13.0 Å². The highest BCUT2D eigenvalue weighted by Crippen LogP contribution is 2.36. The molecule has 0 aliphatic heterocycles. The number of carbonyl (C=O) groups excluding carboxylic acids is 1. The molecule has 1 amide bonds. The number of carbonyl (C=O) groups is 1. The summed E-state index contributed by atoms with van der Waals surface area (Å²) in [4.78, 5) is 17.2. The SMILES string of the molecule is Cc1cc(C)c2c(c1)nc(-c1ccc(NC(=O)C3CCC(F)(F)CC3)cc1)n2C. The van der Waals surface area contributed by atoms with Crippen LogP contribution in [0.25, 0.3) is 22.4 Å². The predicted octanol–water partition coefficient (Wildman–Crippen LogP) is 5.62. The van der Waals surface area contributed by atoms with Crippen LogP contribution in [-0.2, 0) is 11.8 Å². The predicted molar refractivity (Wildman–Crippen MR) is 111 cm³/mol. The normalized spacial score (nSPS) is 16.9. The van der Waals surface area contributed by atoms with Gasteiger partial charge in [-0.1, -0.05) is 6.07 Å². The highest BCUT2D eigenvalue weighted by molar-refractivity contribution is 5.93. The van der Waals surface area contributed by atoms with E-state index in [-0.39, 0.29) is 37.5 Å². The summed E-state index contributed by atoms with van der Waals surface area (Å²) in [6, 6.07) is 11.7. The molecule has 6 heteroatoms. The fourth-order valence-electron chi connectivity index (χ4n) is 4.26. The Morgan fingerprint density at radius 1 is 1.14 bits per heavy atom. The molecule has 1 fully saturated rings. The third-order valence-electron chi connectivity index (χ3n) is 5.80. The molecular weight excluding hydrogens is 372 g/mol. The molecule has 1 aromatic heterocycles. The summed E-state index contributed by atoms with van der Waals surface area (Å²) in [5.41, 5.74) is 6.06. The fourth-order valence-corrected chi connectivity index (χ4v) is 4.26. The Morgan fingerprint density at radius 3 is 2.45 bits per heavy atom. The molecule has 4 nitrogen and oxygen atoms in total. The monoisotopic (exact) mass is 397 g/mol. The van der Waals surface area contributed by atoms with Crippen LogP contribution in [0.5, 0.6) is 0 Å². The van der Waals surface area contributed by atoms with Gasteiger partial charge in [-0.2, -0.15) is 0 Å². The summed E-state index contributed by atoms with van der Waals surface area (Å²) in [6.45, 7) is 4.15.